The minimum absolute atomic E-state index is 0.0420. The lowest BCUT2D eigenvalue weighted by atomic mass is 10.1. The van der Waals surface area contributed by atoms with Crippen molar-refractivity contribution in [3.63, 3.8) is 0 Å². The molecule has 1 aromatic rings. The Hall–Kier alpha value is -1.72. The molecule has 1 fully saturated rings. The minimum atomic E-state index is -3.58. The van der Waals surface area contributed by atoms with Gasteiger partial charge >= 0.3 is 0 Å². The van der Waals surface area contributed by atoms with Crippen molar-refractivity contribution in [2.45, 2.75) is 19.4 Å². The highest BCUT2D eigenvalue weighted by molar-refractivity contribution is 7.86. The van der Waals surface area contributed by atoms with Crippen molar-refractivity contribution in [2.24, 2.45) is 0 Å². The molecule has 0 amide bonds. The molecule has 124 valence electrons. The third-order valence-electron chi connectivity index (χ3n) is 3.54. The quantitative estimate of drug-likeness (QED) is 0.592. The number of piperazine rings is 1. The highest BCUT2D eigenvalue weighted by atomic mass is 32.2. The van der Waals surface area contributed by atoms with Crippen molar-refractivity contribution >= 4 is 16.0 Å². The molecule has 1 atom stereocenters. The Morgan fingerprint density at radius 2 is 2.23 bits per heavy atom. The third kappa shape index (κ3) is 3.05. The number of hydrogen-bond donors (Lipinski definition) is 1. The molecule has 1 aliphatic heterocycles. The average molecular weight is 332 g/mol. The number of Topliss-reactive ketones (excluding diaryl/α,β-unsaturated/α-hetero) is 1. The van der Waals surface area contributed by atoms with Crippen LogP contribution in [0, 0.1) is 5.41 Å². The molecule has 0 aliphatic carbocycles. The van der Waals surface area contributed by atoms with Crippen LogP contribution in [-0.2, 0) is 15.0 Å². The summed E-state index contributed by atoms with van der Waals surface area (Å²) >= 11 is 0. The zero-order chi connectivity index (χ0) is 16.5. The van der Waals surface area contributed by atoms with Crippen LogP contribution in [0.2, 0.25) is 0 Å². The van der Waals surface area contributed by atoms with Gasteiger partial charge in [-0.1, -0.05) is 11.7 Å². The predicted molar refractivity (Wildman–Crippen MR) is 74.4 cm³/mol. The molecule has 22 heavy (non-hydrogen) atoms. The highest BCUT2D eigenvalue weighted by Gasteiger charge is 2.37. The monoisotopic (exact) mass is 332 g/mol. The van der Waals surface area contributed by atoms with Crippen molar-refractivity contribution < 1.29 is 22.5 Å². The predicted octanol–water partition coefficient (Wildman–Crippen LogP) is -2.59. The number of carbonyl (C=O) groups excluding carboxylic acids is 1. The van der Waals surface area contributed by atoms with Gasteiger partial charge in [0.1, 0.15) is 5.78 Å². The summed E-state index contributed by atoms with van der Waals surface area (Å²) in [5, 5.41) is 12.7. The van der Waals surface area contributed by atoms with E-state index in [0.717, 1.165) is 4.31 Å². The Morgan fingerprint density at radius 3 is 2.73 bits per heavy atom. The molecule has 1 aromatic heterocycles. The zero-order valence-electron chi connectivity index (χ0n) is 12.8. The molecule has 11 heteroatoms. The Kier molecular flexibility index (Phi) is 4.68. The van der Waals surface area contributed by atoms with E-state index in [1.165, 1.54) is 29.4 Å². The van der Waals surface area contributed by atoms with E-state index in [-0.39, 0.29) is 37.4 Å². The van der Waals surface area contributed by atoms with E-state index in [9.17, 15) is 13.2 Å². The normalized spacial score (nSPS) is 20.5. The fourth-order valence-electron chi connectivity index (χ4n) is 2.30. The summed E-state index contributed by atoms with van der Waals surface area (Å²) in [4.78, 5) is 13.5. The standard InChI is InChI=1S/C11H20N6O4S/c1-4-10(18)9-7-15(22(19,20)14(2)3)5-6-16(9)17-8-11(12)21-13-17/h8-9,12H,4-7H2,1-3H3. The molecule has 0 aromatic carbocycles. The maximum Gasteiger partial charge on any atom is 0.286 e. The molecule has 1 saturated heterocycles. The van der Waals surface area contributed by atoms with E-state index in [2.05, 4.69) is 5.27 Å². The lowest BCUT2D eigenvalue weighted by Gasteiger charge is -2.40. The van der Waals surface area contributed by atoms with E-state index in [1.807, 2.05) is 0 Å². The molecule has 1 N–H and O–H groups in total. The van der Waals surface area contributed by atoms with Gasteiger partial charge in [0, 0.05) is 40.2 Å². The molecule has 2 rings (SSSR count). The Balaban J connectivity index is 2.29. The minimum Gasteiger partial charge on any atom is -0.380 e. The van der Waals surface area contributed by atoms with Gasteiger partial charge in [-0.05, 0) is 5.27 Å². The van der Waals surface area contributed by atoms with Gasteiger partial charge in [-0.25, -0.2) is 0 Å². The van der Waals surface area contributed by atoms with Gasteiger partial charge in [0.15, 0.2) is 0 Å². The van der Waals surface area contributed by atoms with Crippen LogP contribution in [0.5, 0.6) is 0 Å². The fraction of sp³-hybridized carbons (Fsp3) is 0.727. The molecule has 2 heterocycles. The van der Waals surface area contributed by atoms with Crippen molar-refractivity contribution in [3.05, 3.63) is 11.8 Å². The zero-order valence-corrected chi connectivity index (χ0v) is 13.6. The largest absolute Gasteiger partial charge is 0.380 e. The van der Waals surface area contributed by atoms with Crippen LogP contribution in [0.25, 0.3) is 0 Å². The number of carbonyl (C=O) groups is 1. The second kappa shape index (κ2) is 6.18. The van der Waals surface area contributed by atoms with E-state index in [1.54, 1.807) is 11.9 Å². The van der Waals surface area contributed by atoms with Crippen LogP contribution in [0.4, 0.5) is 0 Å². The van der Waals surface area contributed by atoms with Gasteiger partial charge in [0.05, 0.1) is 6.04 Å². The number of nitrogens with zero attached hydrogens (tertiary/aromatic N) is 5. The number of rotatable bonds is 5. The fourth-order valence-corrected chi connectivity index (χ4v) is 3.40. The second-order valence-electron chi connectivity index (χ2n) is 5.13. The van der Waals surface area contributed by atoms with Crippen LogP contribution in [0.1, 0.15) is 13.3 Å². The van der Waals surface area contributed by atoms with Gasteiger partial charge < -0.3 is 4.52 Å². The Labute approximate surface area is 128 Å². The topological polar surface area (TPSA) is 116 Å². The number of nitrogens with one attached hydrogen (secondary N) is 1. The number of aromatic nitrogens is 2. The first-order valence-corrected chi connectivity index (χ1v) is 8.24. The second-order valence-corrected chi connectivity index (χ2v) is 7.28. The molecule has 1 aliphatic rings. The molecule has 0 radical (unpaired) electrons. The lowest BCUT2D eigenvalue weighted by molar-refractivity contribution is -0.766. The summed E-state index contributed by atoms with van der Waals surface area (Å²) in [7, 11) is -0.666. The Bertz CT molecular complexity index is 693. The molecule has 10 nitrogen and oxygen atoms in total. The van der Waals surface area contributed by atoms with Gasteiger partial charge in [0.25, 0.3) is 22.0 Å². The molecule has 0 spiro atoms. The first-order chi connectivity index (χ1) is 10.3. The summed E-state index contributed by atoms with van der Waals surface area (Å²) in [6, 6.07) is -0.664. The summed E-state index contributed by atoms with van der Waals surface area (Å²) in [6.07, 6.45) is 1.62. The van der Waals surface area contributed by atoms with Gasteiger partial charge in [0.2, 0.25) is 0 Å². The number of ketones is 1. The summed E-state index contributed by atoms with van der Waals surface area (Å²) < 4.78 is 31.6. The lowest BCUT2D eigenvalue weighted by Crippen LogP contribution is -2.73. The highest BCUT2D eigenvalue weighted by Crippen LogP contribution is 2.13. The van der Waals surface area contributed by atoms with Crippen LogP contribution in [0.15, 0.2) is 10.7 Å². The van der Waals surface area contributed by atoms with Crippen LogP contribution in [0.3, 0.4) is 0 Å². The SMILES string of the molecule is CCC(=O)C1CN(S(=O)(=O)N(C)C)CCN1[n+]1cc(=N)o[n-]1. The Morgan fingerprint density at radius 1 is 1.55 bits per heavy atom. The first-order valence-electron chi connectivity index (χ1n) is 6.85. The van der Waals surface area contributed by atoms with Crippen molar-refractivity contribution in [1.29, 1.82) is 5.41 Å². The molecular formula is C11H20N6O4S. The molecule has 0 saturated carbocycles. The smallest absolute Gasteiger partial charge is 0.286 e. The van der Waals surface area contributed by atoms with Crippen molar-refractivity contribution in [1.82, 2.24) is 13.9 Å². The summed E-state index contributed by atoms with van der Waals surface area (Å²) in [5.41, 5.74) is -0.133. The van der Waals surface area contributed by atoms with Gasteiger partial charge in [-0.15, -0.1) is 0 Å². The maximum absolute atomic E-state index is 12.2. The van der Waals surface area contributed by atoms with Gasteiger partial charge in [-0.3, -0.25) is 15.2 Å². The van der Waals surface area contributed by atoms with E-state index in [4.69, 9.17) is 9.93 Å². The maximum atomic E-state index is 12.2. The van der Waals surface area contributed by atoms with Crippen molar-refractivity contribution in [2.75, 3.05) is 38.7 Å². The van der Waals surface area contributed by atoms with Crippen LogP contribution < -0.4 is 20.6 Å². The number of hydrogen-bond acceptors (Lipinski definition) is 6. The molecular weight excluding hydrogens is 312 g/mol. The average Bonchev–Trinajstić information content (AvgIpc) is 2.92. The van der Waals surface area contributed by atoms with E-state index >= 15 is 0 Å². The van der Waals surface area contributed by atoms with Crippen molar-refractivity contribution in [3.8, 4) is 0 Å². The van der Waals surface area contributed by atoms with Crippen LogP contribution in [-0.4, -0.2) is 62.6 Å². The molecule has 0 bridgehead atoms. The van der Waals surface area contributed by atoms with E-state index < -0.39 is 16.3 Å². The van der Waals surface area contributed by atoms with Gasteiger partial charge in [-0.2, -0.15) is 17.0 Å². The van der Waals surface area contributed by atoms with E-state index in [0.29, 0.717) is 0 Å². The summed E-state index contributed by atoms with van der Waals surface area (Å²) in [6.45, 7) is 2.27. The summed E-state index contributed by atoms with van der Waals surface area (Å²) in [5.74, 6) is -0.0966. The van der Waals surface area contributed by atoms with Crippen LogP contribution >= 0.6 is 0 Å². The third-order valence-corrected chi connectivity index (χ3v) is 5.45. The first kappa shape index (κ1) is 16.6. The molecule has 1 unspecified atom stereocenters.